The number of likely N-dealkylation sites (tertiary alicyclic amines) is 1. The second-order valence-electron chi connectivity index (χ2n) is 13.8. The van der Waals surface area contributed by atoms with Crippen LogP contribution in [0.15, 0.2) is 11.6 Å². The van der Waals surface area contributed by atoms with Crippen LogP contribution in [0.4, 0.5) is 0 Å². The van der Waals surface area contributed by atoms with Crippen molar-refractivity contribution in [2.24, 2.45) is 34.5 Å². The SMILES string of the molecule is C[C@]12CC[C@H](OCCCCN3C(=O)CCC3=O)C[C@H]1CC[C@@H]1[C@@H]2C[C@@H](O)[C@]2(C)[C@@H](C3=CC(=O)OC3)CC[C@]12O. The first-order chi connectivity index (χ1) is 18.6. The highest BCUT2D eigenvalue weighted by molar-refractivity contribution is 6.01. The van der Waals surface area contributed by atoms with Crippen molar-refractivity contribution in [3.63, 3.8) is 0 Å². The minimum absolute atomic E-state index is 0.0266. The van der Waals surface area contributed by atoms with E-state index in [-0.39, 0.29) is 53.7 Å². The van der Waals surface area contributed by atoms with Gasteiger partial charge in [0.2, 0.25) is 11.8 Å². The number of aliphatic hydroxyl groups excluding tert-OH is 1. The van der Waals surface area contributed by atoms with E-state index in [1.807, 2.05) is 0 Å². The predicted octanol–water partition coefficient (Wildman–Crippen LogP) is 3.53. The highest BCUT2D eigenvalue weighted by Gasteiger charge is 2.70. The summed E-state index contributed by atoms with van der Waals surface area (Å²) in [5.41, 5.74) is -0.596. The molecule has 6 aliphatic rings. The van der Waals surface area contributed by atoms with Crippen molar-refractivity contribution < 1.29 is 34.1 Å². The molecule has 4 saturated carbocycles. The molecule has 2 heterocycles. The molecule has 9 atom stereocenters. The van der Waals surface area contributed by atoms with Gasteiger partial charge in [-0.1, -0.05) is 13.8 Å². The summed E-state index contributed by atoms with van der Waals surface area (Å²) in [6, 6.07) is 0. The molecule has 2 N–H and O–H groups in total. The maximum atomic E-state index is 12.4. The van der Waals surface area contributed by atoms with Crippen LogP contribution in [0.3, 0.4) is 0 Å². The maximum Gasteiger partial charge on any atom is 0.331 e. The number of cyclic esters (lactones) is 1. The lowest BCUT2D eigenvalue weighted by Crippen LogP contribution is -2.67. The summed E-state index contributed by atoms with van der Waals surface area (Å²) >= 11 is 0. The molecule has 0 bridgehead atoms. The number of fused-ring (bicyclic) bond motifs is 5. The molecule has 0 aromatic rings. The number of rotatable bonds is 7. The molecular formula is C31H45NO7. The Kier molecular flexibility index (Phi) is 6.99. The highest BCUT2D eigenvalue weighted by Crippen LogP contribution is 2.70. The Morgan fingerprint density at radius 1 is 1.00 bits per heavy atom. The van der Waals surface area contributed by atoms with E-state index in [9.17, 15) is 24.6 Å². The van der Waals surface area contributed by atoms with E-state index in [0.29, 0.717) is 44.8 Å². The van der Waals surface area contributed by atoms with Gasteiger partial charge in [0, 0.05) is 37.5 Å². The number of carbonyl (C=O) groups is 3. The average molecular weight is 544 g/mol. The van der Waals surface area contributed by atoms with Gasteiger partial charge in [-0.25, -0.2) is 4.79 Å². The quantitative estimate of drug-likeness (QED) is 0.287. The lowest BCUT2D eigenvalue weighted by atomic mass is 9.42. The Hall–Kier alpha value is -1.77. The fraction of sp³-hybridized carbons (Fsp3) is 0.839. The van der Waals surface area contributed by atoms with Crippen molar-refractivity contribution in [1.29, 1.82) is 0 Å². The lowest BCUT2D eigenvalue weighted by molar-refractivity contribution is -0.245. The van der Waals surface area contributed by atoms with E-state index in [2.05, 4.69) is 13.8 Å². The third-order valence-corrected chi connectivity index (χ3v) is 12.3. The van der Waals surface area contributed by atoms with Gasteiger partial charge in [0.05, 0.1) is 17.8 Å². The van der Waals surface area contributed by atoms with Crippen LogP contribution in [0.2, 0.25) is 0 Å². The van der Waals surface area contributed by atoms with Crippen LogP contribution in [0, 0.1) is 34.5 Å². The monoisotopic (exact) mass is 543 g/mol. The van der Waals surface area contributed by atoms with Crippen LogP contribution in [-0.2, 0) is 23.9 Å². The molecule has 2 amide bonds. The lowest BCUT2D eigenvalue weighted by Gasteiger charge is -2.65. The van der Waals surface area contributed by atoms with Crippen LogP contribution < -0.4 is 0 Å². The highest BCUT2D eigenvalue weighted by atomic mass is 16.5. The zero-order valence-electron chi connectivity index (χ0n) is 23.5. The molecule has 0 aromatic carbocycles. The first kappa shape index (κ1) is 27.4. The second kappa shape index (κ2) is 9.95. The molecule has 5 fully saturated rings. The van der Waals surface area contributed by atoms with E-state index >= 15 is 0 Å². The number of esters is 1. The molecule has 216 valence electrons. The molecule has 8 nitrogen and oxygen atoms in total. The zero-order chi connectivity index (χ0) is 27.6. The first-order valence-corrected chi connectivity index (χ1v) is 15.3. The normalized spacial score (nSPS) is 45.6. The number of imide groups is 1. The van der Waals surface area contributed by atoms with Crippen LogP contribution in [0.5, 0.6) is 0 Å². The fourth-order valence-corrected chi connectivity index (χ4v) is 10.00. The number of nitrogens with zero attached hydrogens (tertiary/aromatic N) is 1. The minimum atomic E-state index is -0.939. The summed E-state index contributed by atoms with van der Waals surface area (Å²) in [6.45, 7) is 5.89. The van der Waals surface area contributed by atoms with Crippen LogP contribution in [0.1, 0.15) is 90.9 Å². The number of ether oxygens (including phenoxy) is 2. The van der Waals surface area contributed by atoms with Crippen molar-refractivity contribution in [3.8, 4) is 0 Å². The van der Waals surface area contributed by atoms with E-state index in [0.717, 1.165) is 56.9 Å². The predicted molar refractivity (Wildman–Crippen MR) is 142 cm³/mol. The van der Waals surface area contributed by atoms with Crippen LogP contribution in [0.25, 0.3) is 0 Å². The molecule has 0 aromatic heterocycles. The first-order valence-electron chi connectivity index (χ1n) is 15.3. The molecule has 39 heavy (non-hydrogen) atoms. The molecule has 0 unspecified atom stereocenters. The van der Waals surface area contributed by atoms with Gasteiger partial charge < -0.3 is 19.7 Å². The third-order valence-electron chi connectivity index (χ3n) is 12.3. The Morgan fingerprint density at radius 2 is 1.77 bits per heavy atom. The van der Waals surface area contributed by atoms with Crippen molar-refractivity contribution in [3.05, 3.63) is 11.6 Å². The van der Waals surface area contributed by atoms with Gasteiger partial charge in [0.25, 0.3) is 0 Å². The number of aliphatic hydroxyl groups is 2. The van der Waals surface area contributed by atoms with Crippen molar-refractivity contribution in [2.45, 2.75) is 109 Å². The summed E-state index contributed by atoms with van der Waals surface area (Å²) in [6.07, 6.45) is 10.7. The largest absolute Gasteiger partial charge is 0.458 e. The molecule has 0 radical (unpaired) electrons. The standard InChI is InChI=1S/C31H45NO7/c1-29-11-9-21(38-14-4-3-13-32-26(34)7-8-27(32)35)16-20(29)5-6-23-24(29)17-25(33)30(2)22(10-12-31(23,30)37)19-15-28(36)39-18-19/h15,20-25,33,37H,3-14,16-18H2,1-2H3/t20-,21+,22-,23-,24+,25-,29+,30+,31+/m1/s1. The Balaban J connectivity index is 1.07. The third kappa shape index (κ3) is 4.23. The molecule has 6 rings (SSSR count). The maximum absolute atomic E-state index is 12.4. The van der Waals surface area contributed by atoms with Gasteiger partial charge in [0.15, 0.2) is 0 Å². The van der Waals surface area contributed by atoms with Gasteiger partial charge in [-0.2, -0.15) is 0 Å². The van der Waals surface area contributed by atoms with E-state index in [4.69, 9.17) is 9.47 Å². The Bertz CT molecular complexity index is 1040. The van der Waals surface area contributed by atoms with Crippen LogP contribution >= 0.6 is 0 Å². The Morgan fingerprint density at radius 3 is 2.49 bits per heavy atom. The number of carbonyl (C=O) groups excluding carboxylic acids is 3. The van der Waals surface area contributed by atoms with E-state index < -0.39 is 17.1 Å². The minimum Gasteiger partial charge on any atom is -0.458 e. The molecule has 8 heteroatoms. The summed E-state index contributed by atoms with van der Waals surface area (Å²) < 4.78 is 11.5. The molecule has 4 aliphatic carbocycles. The van der Waals surface area contributed by atoms with Gasteiger partial charge in [-0.3, -0.25) is 14.5 Å². The van der Waals surface area contributed by atoms with Gasteiger partial charge >= 0.3 is 5.97 Å². The summed E-state index contributed by atoms with van der Waals surface area (Å²) in [7, 11) is 0. The summed E-state index contributed by atoms with van der Waals surface area (Å²) in [5, 5.41) is 24.1. The van der Waals surface area contributed by atoms with Gasteiger partial charge in [-0.05, 0) is 98.9 Å². The fourth-order valence-electron chi connectivity index (χ4n) is 10.00. The summed E-state index contributed by atoms with van der Waals surface area (Å²) in [4.78, 5) is 36.8. The van der Waals surface area contributed by atoms with Gasteiger partial charge in [0.1, 0.15) is 6.61 Å². The molecular weight excluding hydrogens is 498 g/mol. The van der Waals surface area contributed by atoms with Gasteiger partial charge in [-0.15, -0.1) is 0 Å². The molecule has 1 saturated heterocycles. The number of hydrogen-bond donors (Lipinski definition) is 2. The second-order valence-corrected chi connectivity index (χ2v) is 13.8. The van der Waals surface area contributed by atoms with Crippen molar-refractivity contribution in [2.75, 3.05) is 19.8 Å². The zero-order valence-corrected chi connectivity index (χ0v) is 23.5. The van der Waals surface area contributed by atoms with Crippen molar-refractivity contribution in [1.82, 2.24) is 4.90 Å². The number of hydrogen-bond acceptors (Lipinski definition) is 7. The number of amides is 2. The smallest absolute Gasteiger partial charge is 0.331 e. The number of unbranched alkanes of at least 4 members (excludes halogenated alkanes) is 1. The van der Waals surface area contributed by atoms with E-state index in [1.165, 1.54) is 4.90 Å². The topological polar surface area (TPSA) is 113 Å². The Labute approximate surface area is 231 Å². The van der Waals surface area contributed by atoms with Crippen molar-refractivity contribution >= 4 is 17.8 Å². The van der Waals surface area contributed by atoms with E-state index in [1.54, 1.807) is 6.08 Å². The average Bonchev–Trinajstić information content (AvgIpc) is 3.56. The summed E-state index contributed by atoms with van der Waals surface area (Å²) in [5.74, 6) is 0.511. The molecule has 0 spiro atoms. The molecule has 2 aliphatic heterocycles. The van der Waals surface area contributed by atoms with Crippen LogP contribution in [-0.4, -0.2) is 70.5 Å².